The van der Waals surface area contributed by atoms with Gasteiger partial charge in [-0.25, -0.2) is 9.97 Å². The molecule has 3 rings (SSSR count). The fraction of sp³-hybridized carbons (Fsp3) is 0.750. The van der Waals surface area contributed by atoms with Crippen LogP contribution in [0.15, 0.2) is 6.07 Å². The summed E-state index contributed by atoms with van der Waals surface area (Å²) in [6.45, 7) is 10.9. The van der Waals surface area contributed by atoms with E-state index in [0.29, 0.717) is 0 Å². The molecule has 0 radical (unpaired) electrons. The fourth-order valence-corrected chi connectivity index (χ4v) is 2.90. The van der Waals surface area contributed by atoms with Crippen molar-refractivity contribution in [1.29, 1.82) is 0 Å². The number of hydrogen-bond acceptors (Lipinski definition) is 5. The van der Waals surface area contributed by atoms with E-state index in [-0.39, 0.29) is 0 Å². The molecule has 21 heavy (non-hydrogen) atoms. The molecule has 2 aliphatic rings. The van der Waals surface area contributed by atoms with Gasteiger partial charge in [-0.2, -0.15) is 0 Å². The Balaban J connectivity index is 1.64. The molecule has 1 aromatic rings. The monoisotopic (exact) mass is 289 g/mol. The maximum atomic E-state index is 4.71. The van der Waals surface area contributed by atoms with Crippen LogP contribution in [0.4, 0.5) is 11.6 Å². The topological polar surface area (TPSA) is 44.3 Å². The highest BCUT2D eigenvalue weighted by atomic mass is 15.3. The molecule has 0 bridgehead atoms. The van der Waals surface area contributed by atoms with Crippen molar-refractivity contribution in [3.63, 3.8) is 0 Å². The first-order valence-corrected chi connectivity index (χ1v) is 8.37. The van der Waals surface area contributed by atoms with Gasteiger partial charge in [0.25, 0.3) is 0 Å². The quantitative estimate of drug-likeness (QED) is 0.868. The Morgan fingerprint density at radius 2 is 1.90 bits per heavy atom. The molecule has 0 spiro atoms. The van der Waals surface area contributed by atoms with Crippen LogP contribution in [0.5, 0.6) is 0 Å². The van der Waals surface area contributed by atoms with E-state index in [1.165, 1.54) is 32.5 Å². The summed E-state index contributed by atoms with van der Waals surface area (Å²) in [6.07, 6.45) is 3.77. The fourth-order valence-electron chi connectivity index (χ4n) is 2.90. The minimum absolute atomic E-state index is 0.883. The molecule has 1 saturated heterocycles. The summed E-state index contributed by atoms with van der Waals surface area (Å²) in [7, 11) is 0. The molecule has 0 aromatic carbocycles. The van der Waals surface area contributed by atoms with Gasteiger partial charge in [0.1, 0.15) is 17.5 Å². The van der Waals surface area contributed by atoms with Crippen molar-refractivity contribution in [1.82, 2.24) is 14.9 Å². The summed E-state index contributed by atoms with van der Waals surface area (Å²) >= 11 is 0. The number of anilines is 2. The lowest BCUT2D eigenvalue weighted by atomic mass is 10.2. The Bertz CT molecular complexity index is 464. The average molecular weight is 289 g/mol. The molecular weight excluding hydrogens is 262 g/mol. The first-order valence-electron chi connectivity index (χ1n) is 8.37. The number of rotatable bonds is 6. The van der Waals surface area contributed by atoms with Gasteiger partial charge in [0.2, 0.25) is 0 Å². The van der Waals surface area contributed by atoms with Crippen molar-refractivity contribution in [2.24, 2.45) is 5.92 Å². The largest absolute Gasteiger partial charge is 0.370 e. The van der Waals surface area contributed by atoms with Crippen molar-refractivity contribution in [2.75, 3.05) is 49.5 Å². The molecule has 116 valence electrons. The Kier molecular flexibility index (Phi) is 4.58. The third-order valence-corrected chi connectivity index (χ3v) is 4.34. The van der Waals surface area contributed by atoms with Gasteiger partial charge in [-0.15, -0.1) is 0 Å². The summed E-state index contributed by atoms with van der Waals surface area (Å²) in [4.78, 5) is 14.3. The highest BCUT2D eigenvalue weighted by Gasteiger charge is 2.26. The van der Waals surface area contributed by atoms with Crippen LogP contribution in [0.3, 0.4) is 0 Å². The van der Waals surface area contributed by atoms with Crippen molar-refractivity contribution in [3.8, 4) is 0 Å². The van der Waals surface area contributed by atoms with E-state index in [4.69, 9.17) is 4.98 Å². The zero-order valence-electron chi connectivity index (χ0n) is 13.3. The molecule has 1 aliphatic carbocycles. The summed E-state index contributed by atoms with van der Waals surface area (Å²) in [5, 5.41) is 3.32. The molecule has 0 unspecified atom stereocenters. The Labute approximate surface area is 127 Å². The van der Waals surface area contributed by atoms with E-state index in [2.05, 4.69) is 40.0 Å². The van der Waals surface area contributed by atoms with E-state index >= 15 is 0 Å². The molecule has 0 atom stereocenters. The van der Waals surface area contributed by atoms with Crippen molar-refractivity contribution >= 4 is 11.6 Å². The van der Waals surface area contributed by atoms with Crippen LogP contribution in [0.1, 0.15) is 32.5 Å². The molecule has 2 fully saturated rings. The summed E-state index contributed by atoms with van der Waals surface area (Å²) < 4.78 is 0. The molecule has 2 heterocycles. The van der Waals surface area contributed by atoms with Crippen molar-refractivity contribution in [2.45, 2.75) is 33.1 Å². The predicted molar refractivity (Wildman–Crippen MR) is 87.0 cm³/mol. The number of nitrogens with one attached hydrogen (secondary N) is 1. The van der Waals surface area contributed by atoms with Crippen LogP contribution in [-0.2, 0) is 6.42 Å². The summed E-state index contributed by atoms with van der Waals surface area (Å²) in [5.74, 6) is 3.97. The number of piperazine rings is 1. The number of nitrogens with zero attached hydrogens (tertiary/aromatic N) is 4. The van der Waals surface area contributed by atoms with Crippen LogP contribution in [0.2, 0.25) is 0 Å². The maximum absolute atomic E-state index is 4.71. The molecule has 1 aliphatic heterocycles. The summed E-state index contributed by atoms with van der Waals surface area (Å²) in [5.41, 5.74) is 0. The van der Waals surface area contributed by atoms with Crippen LogP contribution < -0.4 is 10.2 Å². The lowest BCUT2D eigenvalue weighted by molar-refractivity contribution is 0.247. The lowest BCUT2D eigenvalue weighted by Gasteiger charge is -2.35. The second-order valence-corrected chi connectivity index (χ2v) is 6.14. The van der Waals surface area contributed by atoms with Gasteiger partial charge in [0, 0.05) is 51.8 Å². The van der Waals surface area contributed by atoms with Gasteiger partial charge in [0.15, 0.2) is 0 Å². The third kappa shape index (κ3) is 3.84. The first-order chi connectivity index (χ1) is 10.3. The van der Waals surface area contributed by atoms with Crippen LogP contribution in [0, 0.1) is 5.92 Å². The molecule has 1 saturated carbocycles. The SMILES string of the molecule is CCNc1cc(N2CCN(CC3CC3)CC2)nc(CC)n1. The maximum Gasteiger partial charge on any atom is 0.134 e. The molecular formula is C16H27N5. The Morgan fingerprint density at radius 3 is 2.52 bits per heavy atom. The van der Waals surface area contributed by atoms with Gasteiger partial charge >= 0.3 is 0 Å². The molecule has 1 N–H and O–H groups in total. The van der Waals surface area contributed by atoms with Gasteiger partial charge in [-0.1, -0.05) is 6.92 Å². The minimum Gasteiger partial charge on any atom is -0.370 e. The van der Waals surface area contributed by atoms with Gasteiger partial charge < -0.3 is 10.2 Å². The van der Waals surface area contributed by atoms with Crippen LogP contribution in [-0.4, -0.2) is 54.1 Å². The van der Waals surface area contributed by atoms with Gasteiger partial charge in [0.05, 0.1) is 0 Å². The predicted octanol–water partition coefficient (Wildman–Crippen LogP) is 2.00. The zero-order chi connectivity index (χ0) is 14.7. The van der Waals surface area contributed by atoms with Gasteiger partial charge in [-0.3, -0.25) is 4.90 Å². The highest BCUT2D eigenvalue weighted by molar-refractivity contribution is 5.49. The first kappa shape index (κ1) is 14.6. The van der Waals surface area contributed by atoms with E-state index in [1.54, 1.807) is 0 Å². The Morgan fingerprint density at radius 1 is 1.14 bits per heavy atom. The Hall–Kier alpha value is -1.36. The minimum atomic E-state index is 0.883. The highest BCUT2D eigenvalue weighted by Crippen LogP contribution is 2.30. The molecule has 5 nitrogen and oxygen atoms in total. The number of aryl methyl sites for hydroxylation is 1. The van der Waals surface area contributed by atoms with Crippen molar-refractivity contribution < 1.29 is 0 Å². The second-order valence-electron chi connectivity index (χ2n) is 6.14. The van der Waals surface area contributed by atoms with Crippen LogP contribution >= 0.6 is 0 Å². The lowest BCUT2D eigenvalue weighted by Crippen LogP contribution is -2.47. The third-order valence-electron chi connectivity index (χ3n) is 4.34. The smallest absolute Gasteiger partial charge is 0.134 e. The van der Waals surface area contributed by atoms with E-state index in [1.807, 2.05) is 0 Å². The zero-order valence-corrected chi connectivity index (χ0v) is 13.3. The molecule has 1 aromatic heterocycles. The number of hydrogen-bond donors (Lipinski definition) is 1. The summed E-state index contributed by atoms with van der Waals surface area (Å²) in [6, 6.07) is 2.10. The van der Waals surface area contributed by atoms with Crippen LogP contribution in [0.25, 0.3) is 0 Å². The van der Waals surface area contributed by atoms with Gasteiger partial charge in [-0.05, 0) is 25.7 Å². The average Bonchev–Trinajstić information content (AvgIpc) is 3.32. The molecule has 0 amide bonds. The standard InChI is InChI=1S/C16H27N5/c1-3-14-18-15(17-4-2)11-16(19-14)21-9-7-20(8-10-21)12-13-5-6-13/h11,13H,3-10,12H2,1-2H3,(H,17,18,19). The van der Waals surface area contributed by atoms with E-state index in [9.17, 15) is 0 Å². The number of aromatic nitrogens is 2. The van der Waals surface area contributed by atoms with Crippen molar-refractivity contribution in [3.05, 3.63) is 11.9 Å². The normalized spacial score (nSPS) is 19.8. The van der Waals surface area contributed by atoms with E-state index in [0.717, 1.165) is 49.4 Å². The molecule has 5 heteroatoms. The second kappa shape index (κ2) is 6.60. The van der Waals surface area contributed by atoms with E-state index < -0.39 is 0 Å².